The van der Waals surface area contributed by atoms with E-state index in [1.54, 1.807) is 36.4 Å². The van der Waals surface area contributed by atoms with Crippen LogP contribution in [-0.4, -0.2) is 18.5 Å². The van der Waals surface area contributed by atoms with Crippen LogP contribution >= 0.6 is 0 Å². The van der Waals surface area contributed by atoms with Crippen LogP contribution in [0.2, 0.25) is 0 Å². The fourth-order valence-electron chi connectivity index (χ4n) is 2.88. The van der Waals surface area contributed by atoms with Crippen LogP contribution in [0.1, 0.15) is 28.4 Å². The molecule has 0 aromatic heterocycles. The molecule has 6 nitrogen and oxygen atoms in total. The third-order valence-corrected chi connectivity index (χ3v) is 4.46. The van der Waals surface area contributed by atoms with Crippen molar-refractivity contribution in [2.24, 2.45) is 0 Å². The second kappa shape index (κ2) is 10.8. The summed E-state index contributed by atoms with van der Waals surface area (Å²) < 4.78 is 5.48. The smallest absolute Gasteiger partial charge is 0.323 e. The first kappa shape index (κ1) is 21.1. The normalized spacial score (nSPS) is 10.3. The maximum Gasteiger partial charge on any atom is 0.323 e. The van der Waals surface area contributed by atoms with Crippen molar-refractivity contribution >= 4 is 23.3 Å². The van der Waals surface area contributed by atoms with Crippen LogP contribution in [0, 0.1) is 0 Å². The van der Waals surface area contributed by atoms with Crippen LogP contribution in [0.4, 0.5) is 16.2 Å². The van der Waals surface area contributed by atoms with E-state index in [2.05, 4.69) is 16.0 Å². The van der Waals surface area contributed by atoms with Gasteiger partial charge in [0.05, 0.1) is 6.61 Å². The molecule has 0 aliphatic heterocycles. The molecule has 0 radical (unpaired) electrons. The van der Waals surface area contributed by atoms with Crippen molar-refractivity contribution in [1.82, 2.24) is 5.32 Å². The van der Waals surface area contributed by atoms with Gasteiger partial charge in [0.15, 0.2) is 0 Å². The summed E-state index contributed by atoms with van der Waals surface area (Å²) in [6, 6.07) is 23.5. The molecule has 0 atom stereocenters. The van der Waals surface area contributed by atoms with Gasteiger partial charge < -0.3 is 20.7 Å². The maximum absolute atomic E-state index is 12.5. The highest BCUT2D eigenvalue weighted by Gasteiger charge is 2.08. The van der Waals surface area contributed by atoms with Crippen molar-refractivity contribution in [3.8, 4) is 0 Å². The van der Waals surface area contributed by atoms with Crippen LogP contribution in [0.15, 0.2) is 78.9 Å². The van der Waals surface area contributed by atoms with Gasteiger partial charge >= 0.3 is 6.03 Å². The Hall–Kier alpha value is -3.64. The van der Waals surface area contributed by atoms with Gasteiger partial charge in [-0.15, -0.1) is 0 Å². The van der Waals surface area contributed by atoms with E-state index >= 15 is 0 Å². The molecule has 0 bridgehead atoms. The van der Waals surface area contributed by atoms with Gasteiger partial charge in [-0.2, -0.15) is 0 Å². The highest BCUT2D eigenvalue weighted by atomic mass is 16.5. The minimum Gasteiger partial charge on any atom is -0.377 e. The molecule has 0 fully saturated rings. The number of para-hydroxylation sites is 1. The van der Waals surface area contributed by atoms with E-state index in [9.17, 15) is 9.59 Å². The van der Waals surface area contributed by atoms with E-state index in [0.29, 0.717) is 36.7 Å². The van der Waals surface area contributed by atoms with Crippen molar-refractivity contribution in [2.75, 3.05) is 17.2 Å². The van der Waals surface area contributed by atoms with Gasteiger partial charge in [0.2, 0.25) is 0 Å². The Balaban J connectivity index is 1.53. The lowest BCUT2D eigenvalue weighted by molar-refractivity contribution is 0.0950. The molecule has 3 aromatic carbocycles. The van der Waals surface area contributed by atoms with Gasteiger partial charge in [0, 0.05) is 30.1 Å². The molecule has 0 saturated heterocycles. The fourth-order valence-corrected chi connectivity index (χ4v) is 2.88. The molecule has 0 heterocycles. The number of carbonyl (C=O) groups is 2. The van der Waals surface area contributed by atoms with Crippen LogP contribution < -0.4 is 16.0 Å². The molecule has 6 heteroatoms. The van der Waals surface area contributed by atoms with Crippen molar-refractivity contribution in [3.63, 3.8) is 0 Å². The molecule has 3 N–H and O–H groups in total. The van der Waals surface area contributed by atoms with Crippen LogP contribution in [0.5, 0.6) is 0 Å². The lowest BCUT2D eigenvalue weighted by Crippen LogP contribution is -2.23. The third-order valence-electron chi connectivity index (χ3n) is 4.46. The molecular weight excluding hydrogens is 378 g/mol. The molecule has 3 amide bonds. The second-order valence-corrected chi connectivity index (χ2v) is 6.61. The van der Waals surface area contributed by atoms with Gasteiger partial charge in [0.1, 0.15) is 0 Å². The largest absolute Gasteiger partial charge is 0.377 e. The van der Waals surface area contributed by atoms with Crippen molar-refractivity contribution < 1.29 is 14.3 Å². The molecule has 0 aliphatic carbocycles. The summed E-state index contributed by atoms with van der Waals surface area (Å²) >= 11 is 0. The molecule has 154 valence electrons. The summed E-state index contributed by atoms with van der Waals surface area (Å²) in [5.74, 6) is -0.179. The number of urea groups is 1. The monoisotopic (exact) mass is 403 g/mol. The third kappa shape index (κ3) is 6.18. The average Bonchev–Trinajstić information content (AvgIpc) is 2.77. The number of ether oxygens (including phenoxy) is 1. The van der Waals surface area contributed by atoms with E-state index in [0.717, 1.165) is 11.1 Å². The molecule has 0 saturated carbocycles. The van der Waals surface area contributed by atoms with Gasteiger partial charge in [-0.1, -0.05) is 42.5 Å². The number of hydrogen-bond acceptors (Lipinski definition) is 3. The van der Waals surface area contributed by atoms with Crippen LogP contribution in [0.25, 0.3) is 0 Å². The maximum atomic E-state index is 12.5. The molecule has 0 spiro atoms. The quantitative estimate of drug-likeness (QED) is 0.506. The van der Waals surface area contributed by atoms with E-state index < -0.39 is 0 Å². The standard InChI is InChI=1S/C24H25N3O3/c1-2-30-17-20-9-7-6-8-19(20)16-25-23(28)18-12-14-22(15-13-18)27-24(29)26-21-10-4-3-5-11-21/h3-15H,2,16-17H2,1H3,(H,25,28)(H2,26,27,29). The zero-order chi connectivity index (χ0) is 21.2. The predicted molar refractivity (Wildman–Crippen MR) is 118 cm³/mol. The summed E-state index contributed by atoms with van der Waals surface area (Å²) in [4.78, 5) is 24.5. The SMILES string of the molecule is CCOCc1ccccc1CNC(=O)c1ccc(NC(=O)Nc2ccccc2)cc1. The van der Waals surface area contributed by atoms with E-state index in [1.807, 2.05) is 49.4 Å². The summed E-state index contributed by atoms with van der Waals surface area (Å²) in [7, 11) is 0. The molecule has 0 aliphatic rings. The number of rotatable bonds is 8. The molecule has 3 aromatic rings. The highest BCUT2D eigenvalue weighted by molar-refractivity contribution is 6.00. The second-order valence-electron chi connectivity index (χ2n) is 6.61. The van der Waals surface area contributed by atoms with E-state index in [1.165, 1.54) is 0 Å². The lowest BCUT2D eigenvalue weighted by Gasteiger charge is -2.11. The first-order chi connectivity index (χ1) is 14.7. The van der Waals surface area contributed by atoms with Crippen LogP contribution in [-0.2, 0) is 17.9 Å². The Labute approximate surface area is 176 Å². The van der Waals surface area contributed by atoms with Gasteiger partial charge in [-0.25, -0.2) is 4.79 Å². The first-order valence-corrected chi connectivity index (χ1v) is 9.81. The summed E-state index contributed by atoms with van der Waals surface area (Å²) in [6.07, 6.45) is 0. The lowest BCUT2D eigenvalue weighted by atomic mass is 10.1. The number of amides is 3. The molecule has 0 unspecified atom stereocenters. The number of nitrogens with one attached hydrogen (secondary N) is 3. The van der Waals surface area contributed by atoms with Gasteiger partial charge in [-0.3, -0.25) is 4.79 Å². The summed E-state index contributed by atoms with van der Waals surface area (Å²) in [6.45, 7) is 3.54. The Morgan fingerprint density at radius 2 is 1.37 bits per heavy atom. The molecule has 3 rings (SSSR count). The zero-order valence-corrected chi connectivity index (χ0v) is 16.9. The molecule has 30 heavy (non-hydrogen) atoms. The topological polar surface area (TPSA) is 79.5 Å². The van der Waals surface area contributed by atoms with Gasteiger partial charge in [0.25, 0.3) is 5.91 Å². The fraction of sp³-hybridized carbons (Fsp3) is 0.167. The minimum atomic E-state index is -0.343. The van der Waals surface area contributed by atoms with Crippen molar-refractivity contribution in [2.45, 2.75) is 20.1 Å². The number of carbonyl (C=O) groups excluding carboxylic acids is 2. The first-order valence-electron chi connectivity index (χ1n) is 9.81. The molecular formula is C24H25N3O3. The minimum absolute atomic E-state index is 0.179. The Morgan fingerprint density at radius 3 is 2.03 bits per heavy atom. The zero-order valence-electron chi connectivity index (χ0n) is 16.9. The number of hydrogen-bond donors (Lipinski definition) is 3. The summed E-state index contributed by atoms with van der Waals surface area (Å²) in [5.41, 5.74) is 3.91. The number of anilines is 2. The number of benzene rings is 3. The Morgan fingerprint density at radius 1 is 0.767 bits per heavy atom. The van der Waals surface area contributed by atoms with E-state index in [4.69, 9.17) is 4.74 Å². The predicted octanol–water partition coefficient (Wildman–Crippen LogP) is 4.80. The highest BCUT2D eigenvalue weighted by Crippen LogP contribution is 2.13. The van der Waals surface area contributed by atoms with Crippen molar-refractivity contribution in [1.29, 1.82) is 0 Å². The summed E-state index contributed by atoms with van der Waals surface area (Å²) in [5, 5.41) is 8.42. The van der Waals surface area contributed by atoms with Gasteiger partial charge in [-0.05, 0) is 54.4 Å². The Bertz CT molecular complexity index is 973. The Kier molecular flexibility index (Phi) is 7.58. The van der Waals surface area contributed by atoms with E-state index in [-0.39, 0.29) is 11.9 Å². The van der Waals surface area contributed by atoms with Crippen LogP contribution in [0.3, 0.4) is 0 Å². The van der Waals surface area contributed by atoms with Crippen molar-refractivity contribution in [3.05, 3.63) is 95.6 Å². The average molecular weight is 403 g/mol.